The first-order chi connectivity index (χ1) is 17.1. The number of halogens is 1. The lowest BCUT2D eigenvalue weighted by atomic mass is 9.84. The molecular weight excluding hydrogens is 443 g/mol. The highest BCUT2D eigenvalue weighted by atomic mass is 19.1. The SMILES string of the molecule is COc1cc(CN2CCC([C@H](Cc3ccccc3)N(C(=O)c3ccco3)C3CC3)CC2)ccc1F. The molecule has 1 atom stereocenters. The second-order valence-corrected chi connectivity index (χ2v) is 9.76. The summed E-state index contributed by atoms with van der Waals surface area (Å²) in [6.07, 6.45) is 6.58. The van der Waals surface area contributed by atoms with Crippen molar-refractivity contribution >= 4 is 5.91 Å². The minimum absolute atomic E-state index is 0.0132. The molecule has 2 heterocycles. The number of likely N-dealkylation sites (tertiary alicyclic amines) is 1. The van der Waals surface area contributed by atoms with Gasteiger partial charge in [0, 0.05) is 18.6 Å². The quantitative estimate of drug-likeness (QED) is 0.406. The van der Waals surface area contributed by atoms with Gasteiger partial charge in [-0.25, -0.2) is 4.39 Å². The van der Waals surface area contributed by atoms with Crippen molar-refractivity contribution in [2.24, 2.45) is 5.92 Å². The molecule has 1 saturated carbocycles. The third-order valence-electron chi connectivity index (χ3n) is 7.35. The number of hydrogen-bond acceptors (Lipinski definition) is 4. The van der Waals surface area contributed by atoms with Crippen LogP contribution in [0.15, 0.2) is 71.3 Å². The Morgan fingerprint density at radius 3 is 2.49 bits per heavy atom. The van der Waals surface area contributed by atoms with E-state index in [4.69, 9.17) is 9.15 Å². The number of nitrogens with zero attached hydrogens (tertiary/aromatic N) is 2. The Morgan fingerprint density at radius 1 is 1.06 bits per heavy atom. The molecule has 5 rings (SSSR count). The van der Waals surface area contributed by atoms with Crippen molar-refractivity contribution in [1.82, 2.24) is 9.80 Å². The highest BCUT2D eigenvalue weighted by Crippen LogP contribution is 2.36. The molecule has 1 saturated heterocycles. The molecule has 0 spiro atoms. The van der Waals surface area contributed by atoms with Gasteiger partial charge in [-0.15, -0.1) is 0 Å². The highest BCUT2D eigenvalue weighted by Gasteiger charge is 2.42. The van der Waals surface area contributed by atoms with Crippen molar-refractivity contribution in [2.75, 3.05) is 20.2 Å². The maximum absolute atomic E-state index is 13.8. The Labute approximate surface area is 206 Å². The summed E-state index contributed by atoms with van der Waals surface area (Å²) in [5.41, 5.74) is 2.31. The van der Waals surface area contributed by atoms with Gasteiger partial charge in [0.05, 0.1) is 13.4 Å². The first-order valence-electron chi connectivity index (χ1n) is 12.6. The molecular formula is C29H33FN2O3. The third-order valence-corrected chi connectivity index (χ3v) is 7.35. The normalized spacial score (nSPS) is 17.8. The number of piperidine rings is 1. The van der Waals surface area contributed by atoms with Gasteiger partial charge in [-0.3, -0.25) is 9.69 Å². The van der Waals surface area contributed by atoms with E-state index in [9.17, 15) is 9.18 Å². The van der Waals surface area contributed by atoms with Crippen LogP contribution in [0.3, 0.4) is 0 Å². The summed E-state index contributed by atoms with van der Waals surface area (Å²) >= 11 is 0. The summed E-state index contributed by atoms with van der Waals surface area (Å²) in [4.78, 5) is 18.1. The molecule has 5 nitrogen and oxygen atoms in total. The van der Waals surface area contributed by atoms with E-state index in [0.717, 1.165) is 57.3 Å². The fourth-order valence-corrected chi connectivity index (χ4v) is 5.37. The van der Waals surface area contributed by atoms with Crippen molar-refractivity contribution in [3.63, 3.8) is 0 Å². The van der Waals surface area contributed by atoms with Crippen LogP contribution < -0.4 is 4.74 Å². The van der Waals surface area contributed by atoms with E-state index >= 15 is 0 Å². The van der Waals surface area contributed by atoms with Gasteiger partial charge in [0.25, 0.3) is 5.91 Å². The van der Waals surface area contributed by atoms with Crippen LogP contribution in [-0.2, 0) is 13.0 Å². The highest BCUT2D eigenvalue weighted by molar-refractivity contribution is 5.92. The van der Waals surface area contributed by atoms with E-state index < -0.39 is 0 Å². The second kappa shape index (κ2) is 10.6. The van der Waals surface area contributed by atoms with Gasteiger partial charge in [0.1, 0.15) is 0 Å². The van der Waals surface area contributed by atoms with Gasteiger partial charge in [-0.05, 0) is 86.5 Å². The molecule has 0 bridgehead atoms. The number of benzene rings is 2. The van der Waals surface area contributed by atoms with Crippen LogP contribution in [0.4, 0.5) is 4.39 Å². The van der Waals surface area contributed by atoms with Crippen molar-refractivity contribution < 1.29 is 18.3 Å². The summed E-state index contributed by atoms with van der Waals surface area (Å²) in [6.45, 7) is 2.66. The second-order valence-electron chi connectivity index (χ2n) is 9.76. The summed E-state index contributed by atoms with van der Waals surface area (Å²) < 4.78 is 24.5. The smallest absolute Gasteiger partial charge is 0.290 e. The minimum Gasteiger partial charge on any atom is -0.494 e. The summed E-state index contributed by atoms with van der Waals surface area (Å²) in [6, 6.07) is 19.6. The molecule has 2 fully saturated rings. The Hall–Kier alpha value is -3.12. The Kier molecular flexibility index (Phi) is 7.19. The van der Waals surface area contributed by atoms with E-state index in [2.05, 4.69) is 34.1 Å². The van der Waals surface area contributed by atoms with Crippen molar-refractivity contribution in [3.8, 4) is 5.75 Å². The maximum Gasteiger partial charge on any atom is 0.290 e. The number of carbonyl (C=O) groups excluding carboxylic acids is 1. The van der Waals surface area contributed by atoms with E-state index in [1.165, 1.54) is 18.7 Å². The van der Waals surface area contributed by atoms with E-state index in [1.54, 1.807) is 24.5 Å². The zero-order valence-corrected chi connectivity index (χ0v) is 20.2. The number of hydrogen-bond donors (Lipinski definition) is 0. The molecule has 2 aliphatic rings. The van der Waals surface area contributed by atoms with E-state index in [-0.39, 0.29) is 23.5 Å². The van der Waals surface area contributed by atoms with Gasteiger partial charge in [-0.2, -0.15) is 0 Å². The molecule has 35 heavy (non-hydrogen) atoms. The number of furan rings is 1. The van der Waals surface area contributed by atoms with E-state index in [1.807, 2.05) is 12.1 Å². The van der Waals surface area contributed by atoms with Gasteiger partial charge in [0.2, 0.25) is 0 Å². The minimum atomic E-state index is -0.333. The van der Waals surface area contributed by atoms with E-state index in [0.29, 0.717) is 17.7 Å². The number of methoxy groups -OCH3 is 1. The molecule has 1 aliphatic heterocycles. The molecule has 0 unspecified atom stereocenters. The number of amides is 1. The first-order valence-corrected chi connectivity index (χ1v) is 12.6. The van der Waals surface area contributed by atoms with Gasteiger partial charge >= 0.3 is 0 Å². The van der Waals surface area contributed by atoms with Crippen LogP contribution in [0.2, 0.25) is 0 Å². The molecule has 6 heteroatoms. The average molecular weight is 477 g/mol. The molecule has 3 aromatic rings. The first kappa shape index (κ1) is 23.6. The molecule has 184 valence electrons. The third kappa shape index (κ3) is 5.59. The standard InChI is InChI=1S/C29H33FN2O3/c1-34-28-19-22(9-12-25(28)30)20-31-15-13-23(14-16-31)26(18-21-6-3-2-4-7-21)32(24-10-11-24)29(33)27-8-5-17-35-27/h2-9,12,17,19,23-24,26H,10-11,13-16,18,20H2,1H3/t26-/m0/s1. The molecule has 2 aromatic carbocycles. The van der Waals surface area contributed by atoms with Crippen LogP contribution in [0.5, 0.6) is 5.75 Å². The fraction of sp³-hybridized carbons (Fsp3) is 0.414. The van der Waals surface area contributed by atoms with Crippen LogP contribution >= 0.6 is 0 Å². The Balaban J connectivity index is 1.31. The van der Waals surface area contributed by atoms with Crippen LogP contribution in [-0.4, -0.2) is 48.0 Å². The maximum atomic E-state index is 13.8. The van der Waals surface area contributed by atoms with Gasteiger partial charge in [0.15, 0.2) is 17.3 Å². The summed E-state index contributed by atoms with van der Waals surface area (Å²) in [5, 5.41) is 0. The largest absolute Gasteiger partial charge is 0.494 e. The van der Waals surface area contributed by atoms with Crippen molar-refractivity contribution in [1.29, 1.82) is 0 Å². The zero-order chi connectivity index (χ0) is 24.2. The topological polar surface area (TPSA) is 45.9 Å². The lowest BCUT2D eigenvalue weighted by Gasteiger charge is -2.41. The molecule has 1 aliphatic carbocycles. The fourth-order valence-electron chi connectivity index (χ4n) is 5.37. The van der Waals surface area contributed by atoms with Gasteiger partial charge in [-0.1, -0.05) is 36.4 Å². The number of rotatable bonds is 9. The predicted molar refractivity (Wildman–Crippen MR) is 133 cm³/mol. The zero-order valence-electron chi connectivity index (χ0n) is 20.2. The summed E-state index contributed by atoms with van der Waals surface area (Å²) in [7, 11) is 1.50. The summed E-state index contributed by atoms with van der Waals surface area (Å²) in [5.74, 6) is 0.808. The monoisotopic (exact) mass is 476 g/mol. The van der Waals surface area contributed by atoms with Crippen LogP contribution in [0, 0.1) is 11.7 Å². The van der Waals surface area contributed by atoms with Crippen LogP contribution in [0.25, 0.3) is 0 Å². The predicted octanol–water partition coefficient (Wildman–Crippen LogP) is 5.56. The Morgan fingerprint density at radius 2 is 1.83 bits per heavy atom. The van der Waals surface area contributed by atoms with Gasteiger partial charge < -0.3 is 14.1 Å². The molecule has 0 radical (unpaired) electrons. The lowest BCUT2D eigenvalue weighted by molar-refractivity contribution is 0.0454. The number of carbonyl (C=O) groups is 1. The number of ether oxygens (including phenoxy) is 1. The molecule has 1 aromatic heterocycles. The Bertz CT molecular complexity index is 1110. The lowest BCUT2D eigenvalue weighted by Crippen LogP contribution is -2.50. The average Bonchev–Trinajstić information content (AvgIpc) is 3.56. The van der Waals surface area contributed by atoms with Crippen LogP contribution in [0.1, 0.15) is 47.4 Å². The molecule has 1 amide bonds. The van der Waals surface area contributed by atoms with Crippen molar-refractivity contribution in [3.05, 3.63) is 89.6 Å². The molecule has 0 N–H and O–H groups in total. The van der Waals surface area contributed by atoms with Crippen molar-refractivity contribution in [2.45, 2.75) is 50.7 Å².